The fourth-order valence-electron chi connectivity index (χ4n) is 1.81. The average molecular weight is 251 g/mol. The van der Waals surface area contributed by atoms with Crippen molar-refractivity contribution in [2.24, 2.45) is 5.73 Å². The molecule has 1 amide bonds. The molecule has 1 aromatic rings. The molecule has 0 atom stereocenters. The minimum absolute atomic E-state index is 0.109. The van der Waals surface area contributed by atoms with Gasteiger partial charge in [0.25, 0.3) is 0 Å². The van der Waals surface area contributed by atoms with Crippen LogP contribution in [0.4, 0.5) is 0 Å². The summed E-state index contributed by atoms with van der Waals surface area (Å²) in [5, 5.41) is 0. The van der Waals surface area contributed by atoms with E-state index in [1.54, 1.807) is 26.4 Å². The predicted octanol–water partition coefficient (Wildman–Crippen LogP) is 2.12. The van der Waals surface area contributed by atoms with E-state index in [1.807, 2.05) is 12.1 Å². The minimum Gasteiger partial charge on any atom is -0.366 e. The summed E-state index contributed by atoms with van der Waals surface area (Å²) in [4.78, 5) is 10.9. The number of nitrogens with two attached hydrogens (primary N) is 1. The third-order valence-electron chi connectivity index (χ3n) is 2.92. The fourth-order valence-corrected chi connectivity index (χ4v) is 1.81. The summed E-state index contributed by atoms with van der Waals surface area (Å²) in [6.45, 7) is 0. The van der Waals surface area contributed by atoms with Gasteiger partial charge >= 0.3 is 0 Å². The maximum Gasteiger partial charge on any atom is 0.248 e. The Morgan fingerprint density at radius 2 is 1.78 bits per heavy atom. The van der Waals surface area contributed by atoms with Gasteiger partial charge in [0.05, 0.1) is 0 Å². The molecule has 0 aromatic heterocycles. The molecule has 100 valence electrons. The van der Waals surface area contributed by atoms with Crippen LogP contribution < -0.4 is 5.73 Å². The molecule has 0 saturated heterocycles. The molecule has 4 heteroatoms. The van der Waals surface area contributed by atoms with Gasteiger partial charge in [-0.3, -0.25) is 4.79 Å². The van der Waals surface area contributed by atoms with Crippen molar-refractivity contribution in [2.45, 2.75) is 32.0 Å². The zero-order valence-electron chi connectivity index (χ0n) is 11.0. The van der Waals surface area contributed by atoms with Gasteiger partial charge in [0.15, 0.2) is 6.29 Å². The number of amides is 1. The highest BCUT2D eigenvalue weighted by atomic mass is 16.7. The van der Waals surface area contributed by atoms with Crippen LogP contribution in [-0.2, 0) is 15.9 Å². The largest absolute Gasteiger partial charge is 0.366 e. The molecular weight excluding hydrogens is 230 g/mol. The van der Waals surface area contributed by atoms with Crippen molar-refractivity contribution in [3.8, 4) is 0 Å². The number of hydrogen-bond donors (Lipinski definition) is 1. The van der Waals surface area contributed by atoms with Gasteiger partial charge in [0.1, 0.15) is 0 Å². The fraction of sp³-hybridized carbons (Fsp3) is 0.500. The van der Waals surface area contributed by atoms with Crippen LogP contribution in [-0.4, -0.2) is 26.4 Å². The molecule has 0 saturated carbocycles. The van der Waals surface area contributed by atoms with E-state index in [0.29, 0.717) is 5.56 Å². The van der Waals surface area contributed by atoms with E-state index < -0.39 is 0 Å². The molecule has 0 aliphatic carbocycles. The first-order valence-electron chi connectivity index (χ1n) is 6.11. The molecule has 18 heavy (non-hydrogen) atoms. The number of carbonyl (C=O) groups excluding carboxylic acids is 1. The van der Waals surface area contributed by atoms with Crippen molar-refractivity contribution in [1.82, 2.24) is 0 Å². The Balaban J connectivity index is 2.29. The molecular formula is C14H21NO3. The number of aryl methyl sites for hydroxylation is 1. The molecule has 0 fully saturated rings. The lowest BCUT2D eigenvalue weighted by molar-refractivity contribution is -0.107. The van der Waals surface area contributed by atoms with Crippen molar-refractivity contribution in [1.29, 1.82) is 0 Å². The van der Waals surface area contributed by atoms with Gasteiger partial charge in [-0.1, -0.05) is 12.1 Å². The Morgan fingerprint density at radius 1 is 1.17 bits per heavy atom. The lowest BCUT2D eigenvalue weighted by Gasteiger charge is -2.12. The standard InChI is InChI=1S/C14H21NO3/c1-17-13(18-2)6-4-3-5-11-7-9-12(10-8-11)14(15)16/h7-10,13H,3-6H2,1-2H3,(H2,15,16). The number of primary amides is 1. The van der Waals surface area contributed by atoms with E-state index in [2.05, 4.69) is 0 Å². The first-order chi connectivity index (χ1) is 8.67. The maximum absolute atomic E-state index is 10.9. The molecule has 2 N–H and O–H groups in total. The summed E-state index contributed by atoms with van der Waals surface area (Å²) >= 11 is 0. The van der Waals surface area contributed by atoms with Crippen molar-refractivity contribution in [3.05, 3.63) is 35.4 Å². The lowest BCUT2D eigenvalue weighted by atomic mass is 10.0. The number of unbranched alkanes of at least 4 members (excludes halogenated alkanes) is 1. The van der Waals surface area contributed by atoms with Gasteiger partial charge in [-0.2, -0.15) is 0 Å². The van der Waals surface area contributed by atoms with E-state index >= 15 is 0 Å². The van der Waals surface area contributed by atoms with Crippen molar-refractivity contribution in [3.63, 3.8) is 0 Å². The van der Waals surface area contributed by atoms with Crippen molar-refractivity contribution in [2.75, 3.05) is 14.2 Å². The molecule has 0 bridgehead atoms. The topological polar surface area (TPSA) is 61.5 Å². The van der Waals surface area contributed by atoms with E-state index in [9.17, 15) is 4.79 Å². The Bertz CT molecular complexity index is 358. The third-order valence-corrected chi connectivity index (χ3v) is 2.92. The maximum atomic E-state index is 10.9. The Morgan fingerprint density at radius 3 is 2.28 bits per heavy atom. The van der Waals surface area contributed by atoms with Crippen LogP contribution in [0.25, 0.3) is 0 Å². The van der Waals surface area contributed by atoms with Crippen LogP contribution in [0.1, 0.15) is 35.2 Å². The van der Waals surface area contributed by atoms with Gasteiger partial charge in [0, 0.05) is 19.8 Å². The van der Waals surface area contributed by atoms with Crippen LogP contribution in [0.5, 0.6) is 0 Å². The smallest absolute Gasteiger partial charge is 0.248 e. The second-order valence-electron chi connectivity index (χ2n) is 4.21. The van der Waals surface area contributed by atoms with Crippen LogP contribution in [0.2, 0.25) is 0 Å². The van der Waals surface area contributed by atoms with Gasteiger partial charge in [-0.05, 0) is 43.4 Å². The summed E-state index contributed by atoms with van der Waals surface area (Å²) in [6, 6.07) is 7.43. The molecule has 0 aliphatic heterocycles. The highest BCUT2D eigenvalue weighted by Crippen LogP contribution is 2.11. The summed E-state index contributed by atoms with van der Waals surface area (Å²) in [6.07, 6.45) is 3.89. The second-order valence-corrected chi connectivity index (χ2v) is 4.21. The molecule has 0 aliphatic rings. The van der Waals surface area contributed by atoms with E-state index in [-0.39, 0.29) is 12.2 Å². The Labute approximate surface area is 108 Å². The Kier molecular flexibility index (Phi) is 6.39. The number of carbonyl (C=O) groups is 1. The predicted molar refractivity (Wildman–Crippen MR) is 70.3 cm³/mol. The summed E-state index contributed by atoms with van der Waals surface area (Å²) in [7, 11) is 3.30. The number of benzene rings is 1. The molecule has 1 rings (SSSR count). The average Bonchev–Trinajstić information content (AvgIpc) is 2.39. The quantitative estimate of drug-likeness (QED) is 0.568. The molecule has 4 nitrogen and oxygen atoms in total. The number of methoxy groups -OCH3 is 2. The van der Waals surface area contributed by atoms with E-state index in [4.69, 9.17) is 15.2 Å². The van der Waals surface area contributed by atoms with Gasteiger partial charge < -0.3 is 15.2 Å². The van der Waals surface area contributed by atoms with Crippen LogP contribution >= 0.6 is 0 Å². The molecule has 0 radical (unpaired) electrons. The highest BCUT2D eigenvalue weighted by molar-refractivity contribution is 5.92. The van der Waals surface area contributed by atoms with E-state index in [0.717, 1.165) is 25.7 Å². The van der Waals surface area contributed by atoms with Gasteiger partial charge in [-0.15, -0.1) is 0 Å². The number of hydrogen-bond acceptors (Lipinski definition) is 3. The normalized spacial score (nSPS) is 10.8. The molecule has 1 aromatic carbocycles. The molecule has 0 heterocycles. The summed E-state index contributed by atoms with van der Waals surface area (Å²) in [5.41, 5.74) is 6.95. The first-order valence-corrected chi connectivity index (χ1v) is 6.11. The molecule has 0 spiro atoms. The van der Waals surface area contributed by atoms with Crippen LogP contribution in [0.3, 0.4) is 0 Å². The number of rotatable bonds is 8. The zero-order valence-corrected chi connectivity index (χ0v) is 11.0. The van der Waals surface area contributed by atoms with Crippen LogP contribution in [0.15, 0.2) is 24.3 Å². The Hall–Kier alpha value is -1.39. The van der Waals surface area contributed by atoms with Crippen molar-refractivity contribution >= 4 is 5.91 Å². The second kappa shape index (κ2) is 7.84. The summed E-state index contributed by atoms with van der Waals surface area (Å²) < 4.78 is 10.2. The van der Waals surface area contributed by atoms with Gasteiger partial charge in [-0.25, -0.2) is 0 Å². The minimum atomic E-state index is -0.385. The SMILES string of the molecule is COC(CCCCc1ccc(C(N)=O)cc1)OC. The lowest BCUT2D eigenvalue weighted by Crippen LogP contribution is -2.12. The zero-order chi connectivity index (χ0) is 13.4. The number of ether oxygens (including phenoxy) is 2. The first kappa shape index (κ1) is 14.7. The summed E-state index contributed by atoms with van der Waals surface area (Å²) in [5.74, 6) is -0.385. The van der Waals surface area contributed by atoms with Crippen LogP contribution in [0, 0.1) is 0 Å². The van der Waals surface area contributed by atoms with Crippen molar-refractivity contribution < 1.29 is 14.3 Å². The highest BCUT2D eigenvalue weighted by Gasteiger charge is 2.04. The monoisotopic (exact) mass is 251 g/mol. The molecule has 0 unspecified atom stereocenters. The van der Waals surface area contributed by atoms with Gasteiger partial charge in [0.2, 0.25) is 5.91 Å². The third kappa shape index (κ3) is 4.85. The van der Waals surface area contributed by atoms with E-state index in [1.165, 1.54) is 5.56 Å².